The fraction of sp³-hybridized carbons (Fsp3) is 0.833. The van der Waals surface area contributed by atoms with Crippen LogP contribution in [-0.2, 0) is 4.74 Å². The molecule has 1 aliphatic rings. The molecule has 18 heavy (non-hydrogen) atoms. The van der Waals surface area contributed by atoms with Crippen molar-refractivity contribution in [3.8, 4) is 0 Å². The Morgan fingerprint density at radius 3 is 2.22 bits per heavy atom. The molecule has 0 bridgehead atoms. The third kappa shape index (κ3) is 8.30. The highest BCUT2D eigenvalue weighted by Crippen LogP contribution is 2.13. The predicted octanol–water partition coefficient (Wildman–Crippen LogP) is -0.329. The van der Waals surface area contributed by atoms with Gasteiger partial charge in [-0.3, -0.25) is 0 Å². The van der Waals surface area contributed by atoms with E-state index >= 15 is 0 Å². The van der Waals surface area contributed by atoms with E-state index in [9.17, 15) is 0 Å². The molecule has 6 nitrogen and oxygen atoms in total. The number of aliphatic hydroxyl groups is 3. The van der Waals surface area contributed by atoms with Crippen molar-refractivity contribution in [2.75, 3.05) is 13.2 Å². The Morgan fingerprint density at radius 1 is 1.39 bits per heavy atom. The Bertz CT molecular complexity index is 212. The zero-order valence-corrected chi connectivity index (χ0v) is 11.5. The third-order valence-corrected chi connectivity index (χ3v) is 2.32. The van der Waals surface area contributed by atoms with Gasteiger partial charge in [-0.25, -0.2) is 0 Å². The van der Waals surface area contributed by atoms with Crippen molar-refractivity contribution in [2.45, 2.75) is 51.9 Å². The highest BCUT2D eigenvalue weighted by molar-refractivity contribution is 4.90. The molecule has 1 heterocycles. The molecule has 0 saturated carbocycles. The van der Waals surface area contributed by atoms with Crippen molar-refractivity contribution in [1.82, 2.24) is 0 Å². The van der Waals surface area contributed by atoms with Gasteiger partial charge in [-0.15, -0.1) is 0 Å². The smallest absolute Gasteiger partial charge is 0.109 e. The predicted molar refractivity (Wildman–Crippen MR) is 71.6 cm³/mol. The molecule has 6 heteroatoms. The molecule has 0 aromatic rings. The number of rotatable bonds is 2. The van der Waals surface area contributed by atoms with E-state index in [-0.39, 0.29) is 6.61 Å². The maximum Gasteiger partial charge on any atom is 0.109 e. The van der Waals surface area contributed by atoms with E-state index in [4.69, 9.17) is 31.5 Å². The van der Waals surface area contributed by atoms with E-state index in [1.807, 2.05) is 20.8 Å². The van der Waals surface area contributed by atoms with Gasteiger partial charge in [0, 0.05) is 18.5 Å². The Kier molecular flexibility index (Phi) is 13.7. The highest BCUT2D eigenvalue weighted by Gasteiger charge is 2.30. The van der Waals surface area contributed by atoms with Gasteiger partial charge in [-0.05, 0) is 12.8 Å². The fourth-order valence-electron chi connectivity index (χ4n) is 1.14. The summed E-state index contributed by atoms with van der Waals surface area (Å²) >= 11 is 0. The minimum Gasteiger partial charge on any atom is -0.403 e. The van der Waals surface area contributed by atoms with Gasteiger partial charge in [0.05, 0.1) is 12.7 Å². The maximum absolute atomic E-state index is 9.10. The maximum atomic E-state index is 9.10. The lowest BCUT2D eigenvalue weighted by atomic mass is 10.0. The van der Waals surface area contributed by atoms with Crippen molar-refractivity contribution in [1.29, 1.82) is 0 Å². The molecule has 0 aromatic carbocycles. The monoisotopic (exact) mass is 264 g/mol. The summed E-state index contributed by atoms with van der Waals surface area (Å²) in [5.74, 6) is 0. The fourth-order valence-corrected chi connectivity index (χ4v) is 1.14. The van der Waals surface area contributed by atoms with E-state index in [1.165, 1.54) is 6.20 Å². The Morgan fingerprint density at radius 2 is 1.94 bits per heavy atom. The molecule has 7 N–H and O–H groups in total. The zero-order valence-electron chi connectivity index (χ0n) is 11.5. The molecular formula is C12H28N2O4. The van der Waals surface area contributed by atoms with Crippen LogP contribution in [0.3, 0.4) is 0 Å². The lowest BCUT2D eigenvalue weighted by Gasteiger charge is -2.30. The average Bonchev–Trinajstić information content (AvgIpc) is 2.44. The van der Waals surface area contributed by atoms with Gasteiger partial charge < -0.3 is 31.5 Å². The first-order valence-corrected chi connectivity index (χ1v) is 6.31. The van der Waals surface area contributed by atoms with Crippen LogP contribution in [0.5, 0.6) is 0 Å². The molecule has 0 radical (unpaired) electrons. The first-order valence-electron chi connectivity index (χ1n) is 6.31. The van der Waals surface area contributed by atoms with Gasteiger partial charge >= 0.3 is 0 Å². The van der Waals surface area contributed by atoms with Gasteiger partial charge in [0.2, 0.25) is 0 Å². The quantitative estimate of drug-likeness (QED) is 0.465. The van der Waals surface area contributed by atoms with Crippen LogP contribution < -0.4 is 11.5 Å². The summed E-state index contributed by atoms with van der Waals surface area (Å²) in [5.41, 5.74) is 10.9. The van der Waals surface area contributed by atoms with Crippen LogP contribution in [0.4, 0.5) is 0 Å². The Labute approximate surface area is 109 Å². The minimum absolute atomic E-state index is 0.238. The van der Waals surface area contributed by atoms with E-state index in [0.29, 0.717) is 13.0 Å². The molecule has 1 rings (SSSR count). The zero-order chi connectivity index (χ0) is 14.6. The Balaban J connectivity index is 0. The van der Waals surface area contributed by atoms with E-state index in [1.54, 1.807) is 0 Å². The molecule has 1 fully saturated rings. The first kappa shape index (κ1) is 19.5. The SMILES string of the molecule is CC.CC/C(N)=C/N.OCC1OCCC(O)C1O. The van der Waals surface area contributed by atoms with Crippen LogP contribution in [0.25, 0.3) is 0 Å². The van der Waals surface area contributed by atoms with Crippen LogP contribution in [0.1, 0.15) is 33.6 Å². The number of allylic oxidation sites excluding steroid dienone is 1. The van der Waals surface area contributed by atoms with Crippen molar-refractivity contribution in [2.24, 2.45) is 11.5 Å². The lowest BCUT2D eigenvalue weighted by molar-refractivity contribution is -0.147. The number of nitrogens with two attached hydrogens (primary N) is 2. The van der Waals surface area contributed by atoms with E-state index in [2.05, 4.69) is 0 Å². The second-order valence-electron chi connectivity index (χ2n) is 3.53. The van der Waals surface area contributed by atoms with Crippen LogP contribution in [0, 0.1) is 0 Å². The molecule has 110 valence electrons. The largest absolute Gasteiger partial charge is 0.403 e. The first-order chi connectivity index (χ1) is 8.56. The summed E-state index contributed by atoms with van der Waals surface area (Å²) in [5, 5.41) is 26.7. The molecule has 3 atom stereocenters. The average molecular weight is 264 g/mol. The van der Waals surface area contributed by atoms with Gasteiger partial charge in [0.15, 0.2) is 0 Å². The van der Waals surface area contributed by atoms with Crippen molar-refractivity contribution < 1.29 is 20.1 Å². The molecule has 0 amide bonds. The molecule has 1 saturated heterocycles. The topological polar surface area (TPSA) is 122 Å². The van der Waals surface area contributed by atoms with E-state index < -0.39 is 18.3 Å². The van der Waals surface area contributed by atoms with Crippen LogP contribution >= 0.6 is 0 Å². The molecule has 3 unspecified atom stereocenters. The highest BCUT2D eigenvalue weighted by atomic mass is 16.5. The summed E-state index contributed by atoms with van der Waals surface area (Å²) in [6.45, 7) is 6.13. The van der Waals surface area contributed by atoms with Crippen molar-refractivity contribution in [3.63, 3.8) is 0 Å². The summed E-state index contributed by atoms with van der Waals surface area (Å²) in [4.78, 5) is 0. The van der Waals surface area contributed by atoms with Gasteiger partial charge in [-0.1, -0.05) is 20.8 Å². The summed E-state index contributed by atoms with van der Waals surface area (Å²) in [6.07, 6.45) is 0.419. The summed E-state index contributed by atoms with van der Waals surface area (Å²) in [7, 11) is 0. The van der Waals surface area contributed by atoms with Gasteiger partial charge in [-0.2, -0.15) is 0 Å². The lowest BCUT2D eigenvalue weighted by Crippen LogP contribution is -2.46. The Hall–Kier alpha value is -0.820. The summed E-state index contributed by atoms with van der Waals surface area (Å²) in [6, 6.07) is 0. The number of hydrogen-bond acceptors (Lipinski definition) is 6. The second kappa shape index (κ2) is 12.6. The van der Waals surface area contributed by atoms with Crippen LogP contribution in [0.2, 0.25) is 0 Å². The van der Waals surface area contributed by atoms with Gasteiger partial charge in [0.25, 0.3) is 0 Å². The van der Waals surface area contributed by atoms with Crippen LogP contribution in [0.15, 0.2) is 11.9 Å². The van der Waals surface area contributed by atoms with Crippen molar-refractivity contribution >= 4 is 0 Å². The van der Waals surface area contributed by atoms with E-state index in [0.717, 1.165) is 12.1 Å². The number of aliphatic hydroxyl groups excluding tert-OH is 3. The molecular weight excluding hydrogens is 236 g/mol. The normalized spacial score (nSPS) is 27.4. The number of hydrogen-bond donors (Lipinski definition) is 5. The molecule has 1 aliphatic heterocycles. The number of ether oxygens (including phenoxy) is 1. The second-order valence-corrected chi connectivity index (χ2v) is 3.53. The van der Waals surface area contributed by atoms with Crippen molar-refractivity contribution in [3.05, 3.63) is 11.9 Å². The van der Waals surface area contributed by atoms with Gasteiger partial charge in [0.1, 0.15) is 12.2 Å². The third-order valence-electron chi connectivity index (χ3n) is 2.32. The van der Waals surface area contributed by atoms with Crippen LogP contribution in [-0.4, -0.2) is 46.8 Å². The standard InChI is InChI=1S/C6H12O4.C4H10N2.C2H6/c7-3-5-6(9)4(8)1-2-10-5;1-2-4(6)3-5;1-2/h4-9H,1-3H2;3H,2,5-6H2,1H3;1-2H3/b;4-3-;. The minimum atomic E-state index is -0.932. The molecule has 0 aliphatic carbocycles. The molecule has 0 spiro atoms. The molecule has 0 aromatic heterocycles. The summed E-state index contributed by atoms with van der Waals surface area (Å²) < 4.78 is 4.95.